The Morgan fingerprint density at radius 2 is 2.29 bits per heavy atom. The van der Waals surface area contributed by atoms with Crippen LogP contribution in [0.5, 0.6) is 0 Å². The number of aromatic amines is 1. The molecule has 0 aliphatic carbocycles. The Bertz CT molecular complexity index is 614. The quantitative estimate of drug-likeness (QED) is 0.883. The summed E-state index contributed by atoms with van der Waals surface area (Å²) < 4.78 is 26.2. The number of hydrogen-bond donors (Lipinski definition) is 2. The third-order valence-electron chi connectivity index (χ3n) is 2.07. The molecule has 8 heteroatoms. The van der Waals surface area contributed by atoms with Crippen LogP contribution in [0.1, 0.15) is 18.4 Å². The summed E-state index contributed by atoms with van der Waals surface area (Å²) in [6.07, 6.45) is 1.97. The molecule has 6 nitrogen and oxygen atoms in total. The van der Waals surface area contributed by atoms with E-state index in [4.69, 9.17) is 0 Å². The first-order valence-electron chi connectivity index (χ1n) is 5.00. The lowest BCUT2D eigenvalue weighted by Crippen LogP contribution is -2.13. The molecule has 2 N–H and O–H groups in total. The maximum atomic E-state index is 11.9. The average molecular weight is 272 g/mol. The molecule has 0 saturated carbocycles. The number of aromatic nitrogens is 3. The van der Waals surface area contributed by atoms with Crippen molar-refractivity contribution in [2.75, 3.05) is 4.72 Å². The lowest BCUT2D eigenvalue weighted by Gasteiger charge is -2.01. The molecule has 2 heterocycles. The van der Waals surface area contributed by atoms with E-state index in [0.717, 1.165) is 5.69 Å². The normalized spacial score (nSPS) is 11.6. The van der Waals surface area contributed by atoms with Gasteiger partial charge in [0.15, 0.2) is 10.2 Å². The van der Waals surface area contributed by atoms with Crippen molar-refractivity contribution in [2.45, 2.75) is 25.3 Å². The smallest absolute Gasteiger partial charge is 0.280 e. The first-order valence-corrected chi connectivity index (χ1v) is 7.36. The van der Waals surface area contributed by atoms with Crippen LogP contribution in [0.4, 0.5) is 5.13 Å². The van der Waals surface area contributed by atoms with Gasteiger partial charge >= 0.3 is 0 Å². The maximum absolute atomic E-state index is 11.9. The standard InChI is InChI=1S/C9H12N4O2S2/c1-3-7-10-4-8(12-7)17(14,15)13-9-11-6(2)5-16-9/h4-5H,3H2,1-2H3,(H,10,12)(H,11,13). The fourth-order valence-electron chi connectivity index (χ4n) is 1.23. The highest BCUT2D eigenvalue weighted by Crippen LogP contribution is 2.18. The third-order valence-corrected chi connectivity index (χ3v) is 4.32. The third kappa shape index (κ3) is 2.64. The number of aryl methyl sites for hydroxylation is 2. The molecule has 2 aromatic heterocycles. The van der Waals surface area contributed by atoms with Gasteiger partial charge in [0.2, 0.25) is 0 Å². The molecule has 0 atom stereocenters. The molecule has 92 valence electrons. The van der Waals surface area contributed by atoms with Crippen LogP contribution in [0, 0.1) is 6.92 Å². The van der Waals surface area contributed by atoms with Gasteiger partial charge in [-0.05, 0) is 6.92 Å². The van der Waals surface area contributed by atoms with Gasteiger partial charge in [-0.2, -0.15) is 8.42 Å². The Labute approximate surface area is 103 Å². The fraction of sp³-hybridized carbons (Fsp3) is 0.333. The van der Waals surface area contributed by atoms with E-state index in [2.05, 4.69) is 19.7 Å². The van der Waals surface area contributed by atoms with Gasteiger partial charge < -0.3 is 4.98 Å². The minimum absolute atomic E-state index is 0.0576. The Kier molecular flexibility index (Phi) is 3.16. The molecule has 0 spiro atoms. The first-order chi connectivity index (χ1) is 8.01. The lowest BCUT2D eigenvalue weighted by molar-refractivity contribution is 0.598. The van der Waals surface area contributed by atoms with Crippen molar-refractivity contribution in [2.24, 2.45) is 0 Å². The van der Waals surface area contributed by atoms with Crippen LogP contribution in [0.3, 0.4) is 0 Å². The Hall–Kier alpha value is -1.41. The van der Waals surface area contributed by atoms with Crippen LogP contribution in [-0.4, -0.2) is 23.4 Å². The Morgan fingerprint density at radius 1 is 1.53 bits per heavy atom. The molecular weight excluding hydrogens is 260 g/mol. The zero-order valence-electron chi connectivity index (χ0n) is 9.39. The maximum Gasteiger partial charge on any atom is 0.280 e. The van der Waals surface area contributed by atoms with Crippen LogP contribution in [0.15, 0.2) is 16.6 Å². The molecule has 2 aromatic rings. The molecule has 0 unspecified atom stereocenters. The summed E-state index contributed by atoms with van der Waals surface area (Å²) in [5.41, 5.74) is 0.784. The predicted molar refractivity (Wildman–Crippen MR) is 65.6 cm³/mol. The van der Waals surface area contributed by atoms with Crippen molar-refractivity contribution in [3.05, 3.63) is 23.1 Å². The van der Waals surface area contributed by atoms with Crippen molar-refractivity contribution in [1.82, 2.24) is 15.0 Å². The minimum Gasteiger partial charge on any atom is -0.332 e. The summed E-state index contributed by atoms with van der Waals surface area (Å²) in [6, 6.07) is 0. The van der Waals surface area contributed by atoms with Gasteiger partial charge in [-0.3, -0.25) is 4.72 Å². The lowest BCUT2D eigenvalue weighted by atomic mass is 10.5. The highest BCUT2D eigenvalue weighted by atomic mass is 32.2. The number of hydrogen-bond acceptors (Lipinski definition) is 5. The number of sulfonamides is 1. The molecular formula is C9H12N4O2S2. The molecule has 0 fully saturated rings. The SMILES string of the molecule is CCc1ncc(S(=O)(=O)Nc2nc(C)cs2)[nH]1. The van der Waals surface area contributed by atoms with Gasteiger partial charge in [0.1, 0.15) is 5.82 Å². The first kappa shape index (κ1) is 12.1. The van der Waals surface area contributed by atoms with Crippen molar-refractivity contribution in [1.29, 1.82) is 0 Å². The number of thiazole rings is 1. The van der Waals surface area contributed by atoms with Crippen LogP contribution >= 0.6 is 11.3 Å². The number of H-pyrrole nitrogens is 1. The van der Waals surface area contributed by atoms with Gasteiger partial charge in [-0.25, -0.2) is 9.97 Å². The summed E-state index contributed by atoms with van der Waals surface area (Å²) in [5.74, 6) is 0.640. The second kappa shape index (κ2) is 4.46. The largest absolute Gasteiger partial charge is 0.332 e. The molecule has 17 heavy (non-hydrogen) atoms. The number of anilines is 1. The number of imidazole rings is 1. The summed E-state index contributed by atoms with van der Waals surface area (Å²) in [4.78, 5) is 10.7. The topological polar surface area (TPSA) is 87.7 Å². The van der Waals surface area contributed by atoms with Crippen LogP contribution in [0.25, 0.3) is 0 Å². The molecule has 0 bridgehead atoms. The minimum atomic E-state index is -3.61. The highest BCUT2D eigenvalue weighted by Gasteiger charge is 2.18. The van der Waals surface area contributed by atoms with E-state index in [0.29, 0.717) is 17.4 Å². The number of rotatable bonds is 4. The molecule has 2 rings (SSSR count). The van der Waals surface area contributed by atoms with E-state index in [1.54, 1.807) is 12.3 Å². The van der Waals surface area contributed by atoms with Gasteiger partial charge in [0.05, 0.1) is 11.9 Å². The van der Waals surface area contributed by atoms with E-state index < -0.39 is 10.0 Å². The average Bonchev–Trinajstić information content (AvgIpc) is 2.86. The Morgan fingerprint density at radius 3 is 2.82 bits per heavy atom. The summed E-state index contributed by atoms with van der Waals surface area (Å²) in [7, 11) is -3.61. The fourth-order valence-corrected chi connectivity index (χ4v) is 3.11. The van der Waals surface area contributed by atoms with Gasteiger partial charge in [-0.15, -0.1) is 11.3 Å². The summed E-state index contributed by atoms with van der Waals surface area (Å²) in [6.45, 7) is 3.70. The van der Waals surface area contributed by atoms with Crippen molar-refractivity contribution >= 4 is 26.5 Å². The summed E-state index contributed by atoms with van der Waals surface area (Å²) in [5, 5.41) is 2.19. The summed E-state index contributed by atoms with van der Waals surface area (Å²) >= 11 is 1.25. The molecule has 0 aliphatic heterocycles. The van der Waals surface area contributed by atoms with Gasteiger partial charge in [0.25, 0.3) is 10.0 Å². The van der Waals surface area contributed by atoms with Crippen molar-refractivity contribution < 1.29 is 8.42 Å². The number of nitrogens with zero attached hydrogens (tertiary/aromatic N) is 2. The van der Waals surface area contributed by atoms with Crippen LogP contribution in [-0.2, 0) is 16.4 Å². The van der Waals surface area contributed by atoms with Crippen molar-refractivity contribution in [3.8, 4) is 0 Å². The second-order valence-corrected chi connectivity index (χ2v) is 5.96. The molecule has 0 amide bonds. The zero-order valence-corrected chi connectivity index (χ0v) is 11.0. The van der Waals surface area contributed by atoms with E-state index in [1.165, 1.54) is 17.5 Å². The molecule has 0 aromatic carbocycles. The van der Waals surface area contributed by atoms with E-state index >= 15 is 0 Å². The zero-order chi connectivity index (χ0) is 12.5. The van der Waals surface area contributed by atoms with E-state index in [9.17, 15) is 8.42 Å². The van der Waals surface area contributed by atoms with Gasteiger partial charge in [0, 0.05) is 11.8 Å². The number of nitrogens with one attached hydrogen (secondary N) is 2. The van der Waals surface area contributed by atoms with E-state index in [1.807, 2.05) is 6.92 Å². The van der Waals surface area contributed by atoms with E-state index in [-0.39, 0.29) is 5.03 Å². The molecule has 0 aliphatic rings. The Balaban J connectivity index is 2.24. The second-order valence-electron chi connectivity index (χ2n) is 3.45. The monoisotopic (exact) mass is 272 g/mol. The van der Waals surface area contributed by atoms with Crippen molar-refractivity contribution in [3.63, 3.8) is 0 Å². The molecule has 0 saturated heterocycles. The van der Waals surface area contributed by atoms with Gasteiger partial charge in [-0.1, -0.05) is 6.92 Å². The van der Waals surface area contributed by atoms with Crippen LogP contribution in [0.2, 0.25) is 0 Å². The molecule has 0 radical (unpaired) electrons. The van der Waals surface area contributed by atoms with Crippen LogP contribution < -0.4 is 4.72 Å². The highest BCUT2D eigenvalue weighted by molar-refractivity contribution is 7.92. The predicted octanol–water partition coefficient (Wildman–Crippen LogP) is 1.54.